The zero-order chi connectivity index (χ0) is 11.3. The highest BCUT2D eigenvalue weighted by Crippen LogP contribution is 1.98. The summed E-state index contributed by atoms with van der Waals surface area (Å²) >= 11 is 0. The molecule has 1 atom stereocenters. The Hall–Kier alpha value is -0.980. The Balaban J connectivity index is 2.32. The van der Waals surface area contributed by atoms with Crippen LogP contribution in [0.15, 0.2) is 6.20 Å². The van der Waals surface area contributed by atoms with Gasteiger partial charge in [-0.1, -0.05) is 5.21 Å². The highest BCUT2D eigenvalue weighted by molar-refractivity contribution is 4.91. The molecule has 0 radical (unpaired) electrons. The number of aromatic nitrogens is 3. The van der Waals surface area contributed by atoms with Crippen molar-refractivity contribution in [1.29, 1.82) is 0 Å². The highest BCUT2D eigenvalue weighted by atomic mass is 16.5. The molecule has 1 rings (SSSR count). The lowest BCUT2D eigenvalue weighted by atomic mass is 10.3. The summed E-state index contributed by atoms with van der Waals surface area (Å²) in [7, 11) is 5.51. The van der Waals surface area contributed by atoms with E-state index in [1.54, 1.807) is 11.8 Å². The molecule has 0 saturated heterocycles. The van der Waals surface area contributed by atoms with E-state index in [1.165, 1.54) is 0 Å². The van der Waals surface area contributed by atoms with Crippen molar-refractivity contribution in [2.75, 3.05) is 27.3 Å². The Morgan fingerprint density at radius 2 is 2.40 bits per heavy atom. The van der Waals surface area contributed by atoms with Gasteiger partial charge in [0.05, 0.1) is 12.3 Å². The number of methoxy groups -OCH3 is 1. The molecule has 0 aliphatic carbocycles. The van der Waals surface area contributed by atoms with E-state index in [4.69, 9.17) is 10.5 Å². The van der Waals surface area contributed by atoms with Gasteiger partial charge in [-0.25, -0.2) is 0 Å². The van der Waals surface area contributed by atoms with Crippen LogP contribution in [0.5, 0.6) is 0 Å². The molecule has 1 aromatic heterocycles. The normalized spacial score (nSPS) is 13.4. The molecule has 1 unspecified atom stereocenters. The first-order valence-electron chi connectivity index (χ1n) is 4.90. The van der Waals surface area contributed by atoms with Crippen molar-refractivity contribution >= 4 is 0 Å². The third-order valence-corrected chi connectivity index (χ3v) is 2.01. The monoisotopic (exact) mass is 213 g/mol. The van der Waals surface area contributed by atoms with Gasteiger partial charge >= 0.3 is 0 Å². The minimum atomic E-state index is 0.0386. The quantitative estimate of drug-likeness (QED) is 0.671. The summed E-state index contributed by atoms with van der Waals surface area (Å²) in [6.45, 7) is 2.11. The summed E-state index contributed by atoms with van der Waals surface area (Å²) in [5.74, 6) is 0. The van der Waals surface area contributed by atoms with Gasteiger partial charge in [-0.3, -0.25) is 9.58 Å². The predicted octanol–water partition coefficient (Wildman–Crippen LogP) is -0.779. The molecule has 1 heterocycles. The number of nitrogens with two attached hydrogens (primary N) is 1. The summed E-state index contributed by atoms with van der Waals surface area (Å²) in [5.41, 5.74) is 6.78. The van der Waals surface area contributed by atoms with E-state index < -0.39 is 0 Å². The second-order valence-electron chi connectivity index (χ2n) is 3.80. The van der Waals surface area contributed by atoms with Crippen LogP contribution in [0.3, 0.4) is 0 Å². The predicted molar refractivity (Wildman–Crippen MR) is 57.2 cm³/mol. The van der Waals surface area contributed by atoms with Gasteiger partial charge in [0.1, 0.15) is 0 Å². The molecule has 6 nitrogen and oxygen atoms in total. The van der Waals surface area contributed by atoms with Crippen molar-refractivity contribution in [3.05, 3.63) is 11.9 Å². The largest absolute Gasteiger partial charge is 0.383 e. The van der Waals surface area contributed by atoms with Crippen molar-refractivity contribution in [3.8, 4) is 0 Å². The number of ether oxygens (including phenoxy) is 1. The van der Waals surface area contributed by atoms with Gasteiger partial charge in [0.15, 0.2) is 0 Å². The van der Waals surface area contributed by atoms with Crippen LogP contribution in [0.1, 0.15) is 5.69 Å². The standard InChI is InChI=1S/C9H19N5O/c1-13(4-8(10)7-15-3)5-9-6-14(2)12-11-9/h6,8H,4-5,7,10H2,1-3H3. The SMILES string of the molecule is COCC(N)CN(C)Cc1cn(C)nn1. The fraction of sp³-hybridized carbons (Fsp3) is 0.778. The lowest BCUT2D eigenvalue weighted by Gasteiger charge is -2.19. The van der Waals surface area contributed by atoms with E-state index in [0.717, 1.165) is 18.8 Å². The molecule has 86 valence electrons. The van der Waals surface area contributed by atoms with Gasteiger partial charge in [-0.15, -0.1) is 5.10 Å². The minimum Gasteiger partial charge on any atom is -0.383 e. The zero-order valence-corrected chi connectivity index (χ0v) is 9.55. The van der Waals surface area contributed by atoms with E-state index in [9.17, 15) is 0 Å². The number of rotatable bonds is 6. The van der Waals surface area contributed by atoms with E-state index in [2.05, 4.69) is 15.2 Å². The molecule has 0 aromatic carbocycles. The smallest absolute Gasteiger partial charge is 0.0966 e. The molecule has 0 bridgehead atoms. The summed E-state index contributed by atoms with van der Waals surface area (Å²) in [4.78, 5) is 2.10. The molecule has 0 aliphatic rings. The van der Waals surface area contributed by atoms with Crippen molar-refractivity contribution in [3.63, 3.8) is 0 Å². The maximum absolute atomic E-state index is 5.84. The van der Waals surface area contributed by atoms with Crippen molar-refractivity contribution in [2.45, 2.75) is 12.6 Å². The average molecular weight is 213 g/mol. The number of hydrogen-bond acceptors (Lipinski definition) is 5. The first kappa shape index (κ1) is 12.1. The average Bonchev–Trinajstić information content (AvgIpc) is 2.51. The first-order valence-corrected chi connectivity index (χ1v) is 4.90. The molecule has 0 fully saturated rings. The van der Waals surface area contributed by atoms with Gasteiger partial charge in [0, 0.05) is 39.5 Å². The van der Waals surface area contributed by atoms with Gasteiger partial charge in [-0.05, 0) is 7.05 Å². The molecule has 0 spiro atoms. The fourth-order valence-corrected chi connectivity index (χ4v) is 1.48. The molecule has 1 aromatic rings. The molecule has 0 saturated carbocycles. The Morgan fingerprint density at radius 3 is 2.93 bits per heavy atom. The fourth-order valence-electron chi connectivity index (χ4n) is 1.48. The summed E-state index contributed by atoms with van der Waals surface area (Å²) in [6.07, 6.45) is 1.90. The van der Waals surface area contributed by atoms with Crippen LogP contribution in [0.4, 0.5) is 0 Å². The maximum atomic E-state index is 5.84. The number of hydrogen-bond donors (Lipinski definition) is 1. The number of nitrogens with zero attached hydrogens (tertiary/aromatic N) is 4. The molecule has 6 heteroatoms. The van der Waals surface area contributed by atoms with Crippen molar-refractivity contribution < 1.29 is 4.74 Å². The summed E-state index contributed by atoms with van der Waals surface area (Å²) < 4.78 is 6.67. The Labute approximate surface area is 90.0 Å². The van der Waals surface area contributed by atoms with Gasteiger partial charge in [0.2, 0.25) is 0 Å². The molecular formula is C9H19N5O. The van der Waals surface area contributed by atoms with Crippen LogP contribution < -0.4 is 5.73 Å². The summed E-state index contributed by atoms with van der Waals surface area (Å²) in [6, 6.07) is 0.0386. The van der Waals surface area contributed by atoms with E-state index >= 15 is 0 Å². The first-order chi connectivity index (χ1) is 7.11. The van der Waals surface area contributed by atoms with Gasteiger partial charge in [0.25, 0.3) is 0 Å². The van der Waals surface area contributed by atoms with Crippen LogP contribution in [-0.2, 0) is 18.3 Å². The van der Waals surface area contributed by atoms with E-state index in [-0.39, 0.29) is 6.04 Å². The molecule has 0 amide bonds. The second-order valence-corrected chi connectivity index (χ2v) is 3.80. The Bertz CT molecular complexity index is 288. The number of aryl methyl sites for hydroxylation is 1. The molecule has 2 N–H and O–H groups in total. The summed E-state index contributed by atoms with van der Waals surface area (Å²) in [5, 5.41) is 7.88. The van der Waals surface area contributed by atoms with Gasteiger partial charge in [-0.2, -0.15) is 0 Å². The van der Waals surface area contributed by atoms with Crippen molar-refractivity contribution in [2.24, 2.45) is 12.8 Å². The number of likely N-dealkylation sites (N-methyl/N-ethyl adjacent to an activating group) is 1. The van der Waals surface area contributed by atoms with Crippen LogP contribution >= 0.6 is 0 Å². The van der Waals surface area contributed by atoms with Crippen LogP contribution in [0, 0.1) is 0 Å². The van der Waals surface area contributed by atoms with E-state index in [1.807, 2.05) is 20.3 Å². The van der Waals surface area contributed by atoms with Crippen LogP contribution in [0.25, 0.3) is 0 Å². The lowest BCUT2D eigenvalue weighted by Crippen LogP contribution is -2.38. The van der Waals surface area contributed by atoms with Crippen LogP contribution in [0.2, 0.25) is 0 Å². The van der Waals surface area contributed by atoms with Crippen molar-refractivity contribution in [1.82, 2.24) is 19.9 Å². The topological polar surface area (TPSA) is 69.2 Å². The van der Waals surface area contributed by atoms with E-state index in [0.29, 0.717) is 6.61 Å². The lowest BCUT2D eigenvalue weighted by molar-refractivity contribution is 0.159. The Kier molecular flexibility index (Phi) is 4.67. The third kappa shape index (κ3) is 4.37. The maximum Gasteiger partial charge on any atom is 0.0966 e. The van der Waals surface area contributed by atoms with Crippen LogP contribution in [-0.4, -0.2) is 53.2 Å². The van der Waals surface area contributed by atoms with Gasteiger partial charge < -0.3 is 10.5 Å². The minimum absolute atomic E-state index is 0.0386. The molecule has 15 heavy (non-hydrogen) atoms. The third-order valence-electron chi connectivity index (χ3n) is 2.01. The molecule has 0 aliphatic heterocycles. The second kappa shape index (κ2) is 5.79. The zero-order valence-electron chi connectivity index (χ0n) is 9.55. The Morgan fingerprint density at radius 1 is 1.67 bits per heavy atom. The molecular weight excluding hydrogens is 194 g/mol. The highest BCUT2D eigenvalue weighted by Gasteiger charge is 2.08.